The smallest absolute Gasteiger partial charge is 0.226 e. The van der Waals surface area contributed by atoms with Crippen LogP contribution in [-0.2, 0) is 11.8 Å². The molecule has 0 N–H and O–H groups in total. The number of aromatic nitrogens is 2. The Bertz CT molecular complexity index is 293. The largest absolute Gasteiger partial charge is 0.339 e. The van der Waals surface area contributed by atoms with Crippen LogP contribution in [0, 0.1) is 5.92 Å². The molecule has 1 aliphatic rings. The van der Waals surface area contributed by atoms with E-state index in [2.05, 4.69) is 26.1 Å². The Labute approximate surface area is 98.8 Å². The highest BCUT2D eigenvalue weighted by molar-refractivity contribution is 9.08. The minimum Gasteiger partial charge on any atom is -0.339 e. The first-order chi connectivity index (χ1) is 7.38. The van der Waals surface area contributed by atoms with E-state index in [0.717, 1.165) is 24.1 Å². The van der Waals surface area contributed by atoms with Gasteiger partial charge in [0.1, 0.15) is 0 Å². The molecule has 2 rings (SSSR count). The number of halogens is 1. The summed E-state index contributed by atoms with van der Waals surface area (Å²) in [5.41, 5.74) is 0. The van der Waals surface area contributed by atoms with Gasteiger partial charge >= 0.3 is 0 Å². The van der Waals surface area contributed by atoms with Crippen molar-refractivity contribution in [3.05, 3.63) is 11.7 Å². The van der Waals surface area contributed by atoms with E-state index in [9.17, 15) is 0 Å². The molecule has 1 fully saturated rings. The van der Waals surface area contributed by atoms with Crippen LogP contribution in [0.15, 0.2) is 4.52 Å². The van der Waals surface area contributed by atoms with Crippen molar-refractivity contribution < 1.29 is 4.52 Å². The second kappa shape index (κ2) is 5.64. The average molecular weight is 273 g/mol. The Morgan fingerprint density at radius 1 is 1.20 bits per heavy atom. The minimum atomic E-state index is 0.682. The predicted molar refractivity (Wildman–Crippen MR) is 61.8 cm³/mol. The molecule has 1 saturated carbocycles. The third-order valence-corrected chi connectivity index (χ3v) is 3.57. The molecule has 1 aromatic heterocycles. The monoisotopic (exact) mass is 272 g/mol. The quantitative estimate of drug-likeness (QED) is 0.625. The van der Waals surface area contributed by atoms with E-state index in [-0.39, 0.29) is 0 Å². The highest BCUT2D eigenvalue weighted by Gasteiger charge is 2.16. The number of alkyl halides is 1. The van der Waals surface area contributed by atoms with Gasteiger partial charge in [0.25, 0.3) is 0 Å². The van der Waals surface area contributed by atoms with Crippen molar-refractivity contribution in [1.82, 2.24) is 10.1 Å². The van der Waals surface area contributed by atoms with Crippen LogP contribution in [0.1, 0.15) is 50.2 Å². The zero-order valence-electron chi connectivity index (χ0n) is 8.91. The third-order valence-electron chi connectivity index (χ3n) is 3.07. The fourth-order valence-corrected chi connectivity index (χ4v) is 2.47. The molecule has 0 spiro atoms. The summed E-state index contributed by atoms with van der Waals surface area (Å²) in [6.07, 6.45) is 9.15. The lowest BCUT2D eigenvalue weighted by molar-refractivity contribution is 0.336. The van der Waals surface area contributed by atoms with Crippen LogP contribution in [-0.4, -0.2) is 10.1 Å². The summed E-state index contributed by atoms with van der Waals surface area (Å²) in [4.78, 5) is 4.33. The molecule has 3 nitrogen and oxygen atoms in total. The van der Waals surface area contributed by atoms with Gasteiger partial charge in [-0.15, -0.1) is 0 Å². The van der Waals surface area contributed by atoms with Gasteiger partial charge in [-0.1, -0.05) is 46.8 Å². The summed E-state index contributed by atoms with van der Waals surface area (Å²) in [6.45, 7) is 0. The van der Waals surface area contributed by atoms with E-state index in [4.69, 9.17) is 4.52 Å². The van der Waals surface area contributed by atoms with Crippen molar-refractivity contribution in [2.75, 3.05) is 0 Å². The molecular weight excluding hydrogens is 256 g/mol. The molecular formula is C11H17BrN2O. The first-order valence-electron chi connectivity index (χ1n) is 5.76. The third kappa shape index (κ3) is 3.30. The molecule has 1 aliphatic carbocycles. The zero-order chi connectivity index (χ0) is 10.5. The second-order valence-electron chi connectivity index (χ2n) is 4.30. The van der Waals surface area contributed by atoms with E-state index >= 15 is 0 Å². The van der Waals surface area contributed by atoms with Crippen LogP contribution >= 0.6 is 15.9 Å². The average Bonchev–Trinajstić information content (AvgIpc) is 2.54. The van der Waals surface area contributed by atoms with Crippen molar-refractivity contribution in [1.29, 1.82) is 0 Å². The lowest BCUT2D eigenvalue weighted by atomic mass is 9.97. The number of nitrogens with zero attached hydrogens (tertiary/aromatic N) is 2. The van der Waals surface area contributed by atoms with Crippen molar-refractivity contribution >= 4 is 15.9 Å². The maximum absolute atomic E-state index is 5.21. The molecule has 0 amide bonds. The molecule has 0 unspecified atom stereocenters. The van der Waals surface area contributed by atoms with Gasteiger partial charge in [0.05, 0.1) is 5.33 Å². The molecule has 4 heteroatoms. The lowest BCUT2D eigenvalue weighted by Crippen LogP contribution is -2.03. The topological polar surface area (TPSA) is 38.9 Å². The van der Waals surface area contributed by atoms with E-state index < -0.39 is 0 Å². The Balaban J connectivity index is 1.89. The first kappa shape index (κ1) is 11.1. The van der Waals surface area contributed by atoms with Crippen LogP contribution in [0.2, 0.25) is 0 Å². The number of hydrogen-bond acceptors (Lipinski definition) is 3. The summed E-state index contributed by atoms with van der Waals surface area (Å²) in [7, 11) is 0. The van der Waals surface area contributed by atoms with E-state index in [1.165, 1.54) is 38.5 Å². The molecule has 1 aromatic rings. The maximum Gasteiger partial charge on any atom is 0.226 e. The first-order valence-corrected chi connectivity index (χ1v) is 6.88. The predicted octanol–water partition coefficient (Wildman–Crippen LogP) is 3.48. The minimum absolute atomic E-state index is 0.682. The fourth-order valence-electron chi connectivity index (χ4n) is 2.24. The Hall–Kier alpha value is -0.380. The summed E-state index contributed by atoms with van der Waals surface area (Å²) in [5.74, 6) is 2.34. The molecule has 84 valence electrons. The van der Waals surface area contributed by atoms with Crippen molar-refractivity contribution in [3.63, 3.8) is 0 Å². The maximum atomic E-state index is 5.21. The van der Waals surface area contributed by atoms with Crippen molar-refractivity contribution in [2.24, 2.45) is 5.92 Å². The van der Waals surface area contributed by atoms with Crippen LogP contribution in [0.3, 0.4) is 0 Å². The Kier molecular flexibility index (Phi) is 4.18. The van der Waals surface area contributed by atoms with Crippen molar-refractivity contribution in [2.45, 2.75) is 50.3 Å². The lowest BCUT2D eigenvalue weighted by Gasteiger charge is -2.09. The fraction of sp³-hybridized carbons (Fsp3) is 0.818. The summed E-state index contributed by atoms with van der Waals surface area (Å²) in [6, 6.07) is 0. The Morgan fingerprint density at radius 3 is 2.53 bits per heavy atom. The number of hydrogen-bond donors (Lipinski definition) is 0. The molecule has 0 saturated heterocycles. The molecule has 0 radical (unpaired) electrons. The van der Waals surface area contributed by atoms with E-state index in [1.54, 1.807) is 0 Å². The van der Waals surface area contributed by atoms with Gasteiger partial charge in [0, 0.05) is 6.42 Å². The van der Waals surface area contributed by atoms with E-state index in [0.29, 0.717) is 5.33 Å². The van der Waals surface area contributed by atoms with Crippen LogP contribution in [0.25, 0.3) is 0 Å². The molecule has 15 heavy (non-hydrogen) atoms. The zero-order valence-corrected chi connectivity index (χ0v) is 10.5. The van der Waals surface area contributed by atoms with Gasteiger partial charge in [0.2, 0.25) is 5.89 Å². The normalized spacial score (nSPS) is 19.0. The van der Waals surface area contributed by atoms with Crippen molar-refractivity contribution in [3.8, 4) is 0 Å². The molecule has 0 aromatic carbocycles. The van der Waals surface area contributed by atoms with Gasteiger partial charge in [-0.2, -0.15) is 4.98 Å². The van der Waals surface area contributed by atoms with E-state index in [1.807, 2.05) is 0 Å². The molecule has 0 bridgehead atoms. The SMILES string of the molecule is BrCc1noc(CC2CCCCCC2)n1. The summed E-state index contributed by atoms with van der Waals surface area (Å²) >= 11 is 3.32. The van der Waals surface area contributed by atoms with Crippen LogP contribution in [0.4, 0.5) is 0 Å². The van der Waals surface area contributed by atoms with Gasteiger partial charge in [-0.25, -0.2) is 0 Å². The highest BCUT2D eigenvalue weighted by atomic mass is 79.9. The van der Waals surface area contributed by atoms with Crippen LogP contribution in [0.5, 0.6) is 0 Å². The highest BCUT2D eigenvalue weighted by Crippen LogP contribution is 2.25. The van der Waals surface area contributed by atoms with Crippen LogP contribution < -0.4 is 0 Å². The molecule has 0 atom stereocenters. The summed E-state index contributed by atoms with van der Waals surface area (Å²) in [5, 5.41) is 4.57. The number of rotatable bonds is 3. The Morgan fingerprint density at radius 2 is 1.93 bits per heavy atom. The van der Waals surface area contributed by atoms with Gasteiger partial charge < -0.3 is 4.52 Å². The van der Waals surface area contributed by atoms with Gasteiger partial charge in [-0.3, -0.25) is 0 Å². The second-order valence-corrected chi connectivity index (χ2v) is 4.86. The van der Waals surface area contributed by atoms with Gasteiger partial charge in [0.15, 0.2) is 5.82 Å². The molecule has 0 aliphatic heterocycles. The van der Waals surface area contributed by atoms with Gasteiger partial charge in [-0.05, 0) is 18.8 Å². The molecule has 1 heterocycles. The standard InChI is InChI=1S/C11H17BrN2O/c12-8-10-13-11(15-14-10)7-9-5-3-1-2-4-6-9/h9H,1-8H2. The summed E-state index contributed by atoms with van der Waals surface area (Å²) < 4.78 is 5.21.